The zero-order valence-electron chi connectivity index (χ0n) is 9.15. The maximum atomic E-state index is 11.0. The summed E-state index contributed by atoms with van der Waals surface area (Å²) in [6, 6.07) is 11.0. The SMILES string of the molecule is C=CCOc1ccc2cc(C(=O)Cl)ccc2c1. The Morgan fingerprint density at radius 2 is 1.94 bits per heavy atom. The summed E-state index contributed by atoms with van der Waals surface area (Å²) in [4.78, 5) is 11.0. The Labute approximate surface area is 104 Å². The molecule has 0 aromatic heterocycles. The molecule has 2 aromatic carbocycles. The van der Waals surface area contributed by atoms with Gasteiger partial charge in [-0.2, -0.15) is 0 Å². The first-order valence-electron chi connectivity index (χ1n) is 5.18. The molecule has 0 heterocycles. The summed E-state index contributed by atoms with van der Waals surface area (Å²) in [5.41, 5.74) is 0.499. The highest BCUT2D eigenvalue weighted by Crippen LogP contribution is 2.22. The van der Waals surface area contributed by atoms with Crippen LogP contribution in [0.1, 0.15) is 10.4 Å². The van der Waals surface area contributed by atoms with Crippen molar-refractivity contribution < 1.29 is 9.53 Å². The summed E-state index contributed by atoms with van der Waals surface area (Å²) >= 11 is 5.43. The van der Waals surface area contributed by atoms with Gasteiger partial charge in [0.1, 0.15) is 12.4 Å². The molecule has 0 fully saturated rings. The Bertz CT molecular complexity index is 575. The third-order valence-corrected chi connectivity index (χ3v) is 2.62. The molecule has 2 nitrogen and oxygen atoms in total. The van der Waals surface area contributed by atoms with Gasteiger partial charge in [0.15, 0.2) is 0 Å². The Balaban J connectivity index is 2.39. The van der Waals surface area contributed by atoms with E-state index in [1.54, 1.807) is 18.2 Å². The van der Waals surface area contributed by atoms with E-state index in [9.17, 15) is 4.79 Å². The Kier molecular flexibility index (Phi) is 3.45. The summed E-state index contributed by atoms with van der Waals surface area (Å²) in [6.45, 7) is 4.07. The topological polar surface area (TPSA) is 26.3 Å². The number of carbonyl (C=O) groups excluding carboxylic acids is 1. The van der Waals surface area contributed by atoms with Gasteiger partial charge in [0.05, 0.1) is 0 Å². The van der Waals surface area contributed by atoms with Gasteiger partial charge in [-0.15, -0.1) is 0 Å². The number of ether oxygens (including phenoxy) is 1. The summed E-state index contributed by atoms with van der Waals surface area (Å²) < 4.78 is 5.43. The minimum Gasteiger partial charge on any atom is -0.490 e. The first kappa shape index (κ1) is 11.7. The summed E-state index contributed by atoms with van der Waals surface area (Å²) in [5, 5.41) is 1.52. The lowest BCUT2D eigenvalue weighted by atomic mass is 10.1. The van der Waals surface area contributed by atoms with E-state index in [-0.39, 0.29) is 0 Å². The molecule has 0 saturated carbocycles. The molecule has 0 bridgehead atoms. The first-order valence-corrected chi connectivity index (χ1v) is 5.56. The standard InChI is InChI=1S/C14H11ClO2/c1-2-7-17-13-6-5-10-8-12(14(15)16)4-3-11(10)9-13/h2-6,8-9H,1,7H2. The zero-order valence-corrected chi connectivity index (χ0v) is 9.91. The van der Waals surface area contributed by atoms with E-state index in [4.69, 9.17) is 16.3 Å². The van der Waals surface area contributed by atoms with E-state index in [1.165, 1.54) is 0 Å². The van der Waals surface area contributed by atoms with Gasteiger partial charge in [0.25, 0.3) is 5.24 Å². The molecule has 86 valence electrons. The van der Waals surface area contributed by atoms with Crippen molar-refractivity contribution in [2.24, 2.45) is 0 Å². The summed E-state index contributed by atoms with van der Waals surface area (Å²) in [5.74, 6) is 0.780. The Hall–Kier alpha value is -1.80. The van der Waals surface area contributed by atoms with Gasteiger partial charge in [-0.25, -0.2) is 0 Å². The molecular weight excluding hydrogens is 236 g/mol. The summed E-state index contributed by atoms with van der Waals surface area (Å²) in [7, 11) is 0. The van der Waals surface area contributed by atoms with Crippen LogP contribution in [0, 0.1) is 0 Å². The van der Waals surface area contributed by atoms with Crippen molar-refractivity contribution in [3.05, 3.63) is 54.6 Å². The Morgan fingerprint density at radius 3 is 2.65 bits per heavy atom. The smallest absolute Gasteiger partial charge is 0.252 e. The molecule has 0 unspecified atom stereocenters. The highest BCUT2D eigenvalue weighted by molar-refractivity contribution is 6.67. The maximum Gasteiger partial charge on any atom is 0.252 e. The molecular formula is C14H11ClO2. The van der Waals surface area contributed by atoms with Crippen LogP contribution in [-0.2, 0) is 0 Å². The number of hydrogen-bond donors (Lipinski definition) is 0. The van der Waals surface area contributed by atoms with Crippen LogP contribution >= 0.6 is 11.6 Å². The molecule has 2 rings (SSSR count). The zero-order chi connectivity index (χ0) is 12.3. The second-order valence-electron chi connectivity index (χ2n) is 3.60. The monoisotopic (exact) mass is 246 g/mol. The molecule has 0 amide bonds. The predicted octanol–water partition coefficient (Wildman–Crippen LogP) is 3.78. The molecule has 0 atom stereocenters. The molecule has 0 N–H and O–H groups in total. The van der Waals surface area contributed by atoms with Crippen molar-refractivity contribution in [3.63, 3.8) is 0 Å². The van der Waals surface area contributed by atoms with Crippen molar-refractivity contribution in [3.8, 4) is 5.75 Å². The number of carbonyl (C=O) groups is 1. The van der Waals surface area contributed by atoms with E-state index in [2.05, 4.69) is 6.58 Å². The molecule has 0 radical (unpaired) electrons. The van der Waals surface area contributed by atoms with E-state index < -0.39 is 5.24 Å². The number of fused-ring (bicyclic) bond motifs is 1. The second kappa shape index (κ2) is 5.02. The van der Waals surface area contributed by atoms with Crippen LogP contribution in [0.3, 0.4) is 0 Å². The van der Waals surface area contributed by atoms with Crippen LogP contribution in [0.4, 0.5) is 0 Å². The van der Waals surface area contributed by atoms with Gasteiger partial charge in [-0.05, 0) is 46.6 Å². The van der Waals surface area contributed by atoms with E-state index in [0.29, 0.717) is 12.2 Å². The van der Waals surface area contributed by atoms with Crippen LogP contribution in [0.15, 0.2) is 49.1 Å². The van der Waals surface area contributed by atoms with Crippen LogP contribution in [0.2, 0.25) is 0 Å². The minimum atomic E-state index is -0.445. The average molecular weight is 247 g/mol. The van der Waals surface area contributed by atoms with Gasteiger partial charge in [-0.1, -0.05) is 24.8 Å². The molecule has 0 saturated heterocycles. The normalized spacial score (nSPS) is 10.2. The van der Waals surface area contributed by atoms with Gasteiger partial charge >= 0.3 is 0 Å². The van der Waals surface area contributed by atoms with Crippen LogP contribution in [0.5, 0.6) is 5.75 Å². The quantitative estimate of drug-likeness (QED) is 0.606. The van der Waals surface area contributed by atoms with Gasteiger partial charge in [-0.3, -0.25) is 4.79 Å². The third kappa shape index (κ3) is 2.66. The predicted molar refractivity (Wildman–Crippen MR) is 69.8 cm³/mol. The van der Waals surface area contributed by atoms with Crippen LogP contribution in [-0.4, -0.2) is 11.8 Å². The first-order chi connectivity index (χ1) is 8.20. The molecule has 3 heteroatoms. The largest absolute Gasteiger partial charge is 0.490 e. The maximum absolute atomic E-state index is 11.0. The molecule has 2 aromatic rings. The lowest BCUT2D eigenvalue weighted by Gasteiger charge is -2.05. The van der Waals surface area contributed by atoms with Crippen LogP contribution in [0.25, 0.3) is 10.8 Å². The summed E-state index contributed by atoms with van der Waals surface area (Å²) in [6.07, 6.45) is 1.69. The average Bonchev–Trinajstić information content (AvgIpc) is 2.35. The second-order valence-corrected chi connectivity index (χ2v) is 3.94. The lowest BCUT2D eigenvalue weighted by molar-refractivity contribution is 0.108. The molecule has 17 heavy (non-hydrogen) atoms. The molecule has 0 aliphatic rings. The van der Waals surface area contributed by atoms with Crippen molar-refractivity contribution in [1.29, 1.82) is 0 Å². The lowest BCUT2D eigenvalue weighted by Crippen LogP contribution is -1.93. The van der Waals surface area contributed by atoms with Gasteiger partial charge in [0.2, 0.25) is 0 Å². The fourth-order valence-corrected chi connectivity index (χ4v) is 1.71. The van der Waals surface area contributed by atoms with E-state index >= 15 is 0 Å². The van der Waals surface area contributed by atoms with E-state index in [1.807, 2.05) is 24.3 Å². The molecule has 0 aliphatic heterocycles. The van der Waals surface area contributed by atoms with Crippen molar-refractivity contribution in [2.45, 2.75) is 0 Å². The number of halogens is 1. The van der Waals surface area contributed by atoms with Crippen LogP contribution < -0.4 is 4.74 Å². The highest BCUT2D eigenvalue weighted by atomic mass is 35.5. The Morgan fingerprint density at radius 1 is 1.24 bits per heavy atom. The minimum absolute atomic E-state index is 0.445. The van der Waals surface area contributed by atoms with Gasteiger partial charge < -0.3 is 4.74 Å². The fraction of sp³-hybridized carbons (Fsp3) is 0.0714. The fourth-order valence-electron chi connectivity index (χ4n) is 1.59. The number of hydrogen-bond acceptors (Lipinski definition) is 2. The van der Waals surface area contributed by atoms with Crippen molar-refractivity contribution in [1.82, 2.24) is 0 Å². The third-order valence-electron chi connectivity index (χ3n) is 2.41. The van der Waals surface area contributed by atoms with Crippen molar-refractivity contribution >= 4 is 27.6 Å². The van der Waals surface area contributed by atoms with Crippen molar-refractivity contribution in [2.75, 3.05) is 6.61 Å². The van der Waals surface area contributed by atoms with Gasteiger partial charge in [0, 0.05) is 5.56 Å². The highest BCUT2D eigenvalue weighted by Gasteiger charge is 2.03. The molecule has 0 aliphatic carbocycles. The number of benzene rings is 2. The molecule has 0 spiro atoms. The number of rotatable bonds is 4. The van der Waals surface area contributed by atoms with E-state index in [0.717, 1.165) is 16.5 Å².